The van der Waals surface area contributed by atoms with E-state index in [1.807, 2.05) is 36.1 Å². The third kappa shape index (κ3) is 5.70. The largest absolute Gasteiger partial charge is 0.354 e. The average molecular weight is 450 g/mol. The van der Waals surface area contributed by atoms with Gasteiger partial charge in [0.05, 0.1) is 5.92 Å². The number of rotatable bonds is 7. The second-order valence-corrected chi connectivity index (χ2v) is 9.41. The van der Waals surface area contributed by atoms with Gasteiger partial charge in [-0.25, -0.2) is 0 Å². The maximum Gasteiger partial charge on any atom is 0.229 e. The first kappa shape index (κ1) is 23.2. The van der Waals surface area contributed by atoms with E-state index in [1.54, 1.807) is 6.20 Å². The van der Waals surface area contributed by atoms with E-state index in [0.29, 0.717) is 18.4 Å². The molecule has 1 N–H and O–H groups in total. The molecule has 4 rings (SSSR count). The summed E-state index contributed by atoms with van der Waals surface area (Å²) in [6, 6.07) is 12.0. The molecule has 0 saturated carbocycles. The monoisotopic (exact) mass is 449 g/mol. The predicted molar refractivity (Wildman–Crippen MR) is 130 cm³/mol. The molecule has 0 spiro atoms. The lowest BCUT2D eigenvalue weighted by molar-refractivity contribution is -0.136. The molecule has 0 aliphatic carbocycles. The summed E-state index contributed by atoms with van der Waals surface area (Å²) in [7, 11) is 0. The molecule has 3 heterocycles. The summed E-state index contributed by atoms with van der Waals surface area (Å²) in [6.07, 6.45) is 6.48. The highest BCUT2D eigenvalue weighted by Gasteiger charge is 2.29. The van der Waals surface area contributed by atoms with E-state index in [0.717, 1.165) is 63.2 Å². The van der Waals surface area contributed by atoms with Gasteiger partial charge >= 0.3 is 0 Å². The highest BCUT2D eigenvalue weighted by atomic mass is 16.2. The maximum atomic E-state index is 12.8. The molecule has 7 heteroatoms. The molecule has 0 radical (unpaired) electrons. The number of anilines is 2. The van der Waals surface area contributed by atoms with Gasteiger partial charge in [-0.2, -0.15) is 5.10 Å². The van der Waals surface area contributed by atoms with Crippen molar-refractivity contribution in [3.63, 3.8) is 0 Å². The minimum absolute atomic E-state index is 0.0522. The minimum Gasteiger partial charge on any atom is -0.354 e. The molecule has 1 aromatic carbocycles. The zero-order chi connectivity index (χ0) is 23.2. The summed E-state index contributed by atoms with van der Waals surface area (Å²) in [5.41, 5.74) is 2.12. The summed E-state index contributed by atoms with van der Waals surface area (Å²) in [5, 5.41) is 11.2. The van der Waals surface area contributed by atoms with Crippen molar-refractivity contribution in [3.8, 4) is 0 Å². The van der Waals surface area contributed by atoms with E-state index in [9.17, 15) is 9.59 Å². The zero-order valence-corrected chi connectivity index (χ0v) is 19.7. The fourth-order valence-electron chi connectivity index (χ4n) is 5.03. The lowest BCUT2D eigenvalue weighted by Gasteiger charge is -2.34. The number of carbonyl (C=O) groups excluding carboxylic acids is 2. The van der Waals surface area contributed by atoms with Gasteiger partial charge in [0.15, 0.2) is 5.82 Å². The van der Waals surface area contributed by atoms with Crippen LogP contribution in [0.25, 0.3) is 0 Å². The van der Waals surface area contributed by atoms with Crippen LogP contribution in [0.3, 0.4) is 0 Å². The molecule has 2 saturated heterocycles. The van der Waals surface area contributed by atoms with Crippen LogP contribution in [-0.2, 0) is 9.59 Å². The zero-order valence-electron chi connectivity index (χ0n) is 19.7. The van der Waals surface area contributed by atoms with Crippen molar-refractivity contribution in [1.29, 1.82) is 0 Å². The molecular formula is C26H35N5O2. The molecule has 33 heavy (non-hydrogen) atoms. The van der Waals surface area contributed by atoms with E-state index in [2.05, 4.69) is 39.5 Å². The number of aromatic nitrogens is 2. The van der Waals surface area contributed by atoms with Crippen LogP contribution in [0.15, 0.2) is 42.6 Å². The first-order valence-electron chi connectivity index (χ1n) is 12.3. The number of nitrogens with one attached hydrogen (secondary N) is 1. The Hall–Kier alpha value is -2.96. The lowest BCUT2D eigenvalue weighted by Crippen LogP contribution is -2.40. The molecule has 1 unspecified atom stereocenters. The van der Waals surface area contributed by atoms with Gasteiger partial charge in [0.1, 0.15) is 0 Å². The average Bonchev–Trinajstić information content (AvgIpc) is 3.36. The van der Waals surface area contributed by atoms with Crippen molar-refractivity contribution in [1.82, 2.24) is 15.1 Å². The summed E-state index contributed by atoms with van der Waals surface area (Å²) >= 11 is 0. The Labute approximate surface area is 196 Å². The molecule has 2 amide bonds. The number of hydrogen-bond donors (Lipinski definition) is 1. The quantitative estimate of drug-likeness (QED) is 0.689. The van der Waals surface area contributed by atoms with Gasteiger partial charge in [-0.3, -0.25) is 9.59 Å². The molecule has 2 aliphatic heterocycles. The Morgan fingerprint density at radius 1 is 1.09 bits per heavy atom. The van der Waals surface area contributed by atoms with E-state index in [1.165, 1.54) is 5.56 Å². The highest BCUT2D eigenvalue weighted by molar-refractivity contribution is 5.93. The molecule has 0 bridgehead atoms. The maximum absolute atomic E-state index is 12.8. The normalized spacial score (nSPS) is 20.0. The molecule has 2 aliphatic rings. The van der Waals surface area contributed by atoms with Gasteiger partial charge in [-0.1, -0.05) is 32.4 Å². The fraction of sp³-hybridized carbons (Fsp3) is 0.538. The Kier molecular flexibility index (Phi) is 7.57. The van der Waals surface area contributed by atoms with E-state index >= 15 is 0 Å². The van der Waals surface area contributed by atoms with Crippen LogP contribution in [0, 0.1) is 11.8 Å². The summed E-state index contributed by atoms with van der Waals surface area (Å²) in [4.78, 5) is 29.5. The highest BCUT2D eigenvalue weighted by Crippen LogP contribution is 2.30. The van der Waals surface area contributed by atoms with Crippen molar-refractivity contribution in [2.45, 2.75) is 51.9 Å². The standard InChI is InChI=1S/C26H35N5O2/c1-3-5-19(2)26(33)30-15-11-21(12-16-30)20-7-9-23(10-8-20)28-25(32)22-13-17-31(18-22)24-6-4-14-27-29-24/h4,6-10,14,19,21-22H,3,5,11-13,15-18H2,1-2H3,(H,28,32)/t19?,22-/m0/s1. The Morgan fingerprint density at radius 2 is 1.85 bits per heavy atom. The third-order valence-electron chi connectivity index (χ3n) is 7.04. The SMILES string of the molecule is CCCC(C)C(=O)N1CCC(c2ccc(NC(=O)[C@H]3CCN(c4cccnn4)C3)cc2)CC1. The van der Waals surface area contributed by atoms with Crippen LogP contribution < -0.4 is 10.2 Å². The summed E-state index contributed by atoms with van der Waals surface area (Å²) < 4.78 is 0. The number of likely N-dealkylation sites (tertiary alicyclic amines) is 1. The van der Waals surface area contributed by atoms with Crippen LogP contribution in [0.5, 0.6) is 0 Å². The van der Waals surface area contributed by atoms with Crippen molar-refractivity contribution in [2.75, 3.05) is 36.4 Å². The number of carbonyl (C=O) groups is 2. The second-order valence-electron chi connectivity index (χ2n) is 9.41. The van der Waals surface area contributed by atoms with Crippen LogP contribution in [0.4, 0.5) is 11.5 Å². The van der Waals surface area contributed by atoms with Gasteiger partial charge in [0.25, 0.3) is 0 Å². The van der Waals surface area contributed by atoms with Gasteiger partial charge in [-0.05, 0) is 61.4 Å². The first-order chi connectivity index (χ1) is 16.0. The predicted octanol–water partition coefficient (Wildman–Crippen LogP) is 4.08. The van der Waals surface area contributed by atoms with Crippen molar-refractivity contribution >= 4 is 23.3 Å². The number of amides is 2. The van der Waals surface area contributed by atoms with Crippen LogP contribution in [-0.4, -0.2) is 53.1 Å². The van der Waals surface area contributed by atoms with E-state index < -0.39 is 0 Å². The molecule has 1 aromatic heterocycles. The Bertz CT molecular complexity index is 925. The Morgan fingerprint density at radius 3 is 2.52 bits per heavy atom. The van der Waals surface area contributed by atoms with Gasteiger partial charge in [0.2, 0.25) is 11.8 Å². The van der Waals surface area contributed by atoms with E-state index in [-0.39, 0.29) is 17.7 Å². The topological polar surface area (TPSA) is 78.4 Å². The molecule has 2 aromatic rings. The van der Waals surface area contributed by atoms with Crippen LogP contribution in [0.1, 0.15) is 57.4 Å². The van der Waals surface area contributed by atoms with Crippen molar-refractivity contribution in [3.05, 3.63) is 48.2 Å². The first-order valence-corrected chi connectivity index (χ1v) is 12.3. The summed E-state index contributed by atoms with van der Waals surface area (Å²) in [5.74, 6) is 1.73. The number of hydrogen-bond acceptors (Lipinski definition) is 5. The van der Waals surface area contributed by atoms with Gasteiger partial charge in [0, 0.05) is 44.0 Å². The number of benzene rings is 1. The smallest absolute Gasteiger partial charge is 0.229 e. The second kappa shape index (κ2) is 10.8. The third-order valence-corrected chi connectivity index (χ3v) is 7.04. The van der Waals surface area contributed by atoms with Crippen LogP contribution in [0.2, 0.25) is 0 Å². The summed E-state index contributed by atoms with van der Waals surface area (Å²) in [6.45, 7) is 7.32. The molecular weight excluding hydrogens is 414 g/mol. The Balaban J connectivity index is 1.26. The van der Waals surface area contributed by atoms with Crippen molar-refractivity contribution in [2.24, 2.45) is 11.8 Å². The molecule has 7 nitrogen and oxygen atoms in total. The number of piperidine rings is 1. The molecule has 2 atom stereocenters. The molecule has 176 valence electrons. The van der Waals surface area contributed by atoms with Gasteiger partial charge < -0.3 is 15.1 Å². The lowest BCUT2D eigenvalue weighted by atomic mass is 9.88. The van der Waals surface area contributed by atoms with Gasteiger partial charge in [-0.15, -0.1) is 5.10 Å². The van der Waals surface area contributed by atoms with Crippen LogP contribution >= 0.6 is 0 Å². The molecule has 2 fully saturated rings. The number of nitrogens with zero attached hydrogens (tertiary/aromatic N) is 4. The van der Waals surface area contributed by atoms with E-state index in [4.69, 9.17) is 0 Å². The van der Waals surface area contributed by atoms with Crippen molar-refractivity contribution < 1.29 is 9.59 Å². The fourth-order valence-corrected chi connectivity index (χ4v) is 5.03. The minimum atomic E-state index is -0.0522.